The van der Waals surface area contributed by atoms with Crippen molar-refractivity contribution in [3.63, 3.8) is 0 Å². The number of anilines is 2. The van der Waals surface area contributed by atoms with Crippen LogP contribution in [0.1, 0.15) is 90.9 Å². The number of likely N-dealkylation sites (N-methyl/N-ethyl adjacent to an activating group) is 1. The lowest BCUT2D eigenvalue weighted by atomic mass is 10.1. The summed E-state index contributed by atoms with van der Waals surface area (Å²) in [4.78, 5) is 39.9. The summed E-state index contributed by atoms with van der Waals surface area (Å²) in [6, 6.07) is 14.4. The Kier molecular flexibility index (Phi) is 20.1. The van der Waals surface area contributed by atoms with Crippen molar-refractivity contribution in [2.24, 2.45) is 0 Å². The van der Waals surface area contributed by atoms with Gasteiger partial charge in [-0.2, -0.15) is 11.8 Å². The first-order valence-corrected chi connectivity index (χ1v) is 18.3. The molecule has 0 spiro atoms. The average molecular weight is 657 g/mol. The molecule has 46 heavy (non-hydrogen) atoms. The molecule has 3 amide bonds. The van der Waals surface area contributed by atoms with Gasteiger partial charge in [-0.1, -0.05) is 64.7 Å². The van der Waals surface area contributed by atoms with E-state index in [-0.39, 0.29) is 23.5 Å². The molecule has 0 fully saturated rings. The summed E-state index contributed by atoms with van der Waals surface area (Å²) in [6.45, 7) is 5.72. The van der Waals surface area contributed by atoms with E-state index >= 15 is 0 Å². The van der Waals surface area contributed by atoms with Crippen molar-refractivity contribution >= 4 is 40.9 Å². The van der Waals surface area contributed by atoms with E-state index in [1.165, 1.54) is 69.5 Å². The maximum atomic E-state index is 13.6. The van der Waals surface area contributed by atoms with E-state index in [9.17, 15) is 14.4 Å². The molecule has 0 radical (unpaired) electrons. The van der Waals surface area contributed by atoms with Gasteiger partial charge in [-0.3, -0.25) is 14.4 Å². The molecule has 0 aliphatic carbocycles. The van der Waals surface area contributed by atoms with Crippen molar-refractivity contribution < 1.29 is 23.9 Å². The van der Waals surface area contributed by atoms with Crippen molar-refractivity contribution in [3.8, 4) is 11.5 Å². The molecule has 0 heterocycles. The molecule has 0 bridgehead atoms. The van der Waals surface area contributed by atoms with Crippen LogP contribution < -0.4 is 30.3 Å². The monoisotopic (exact) mass is 656 g/mol. The number of nitrogens with zero attached hydrogens (tertiary/aromatic N) is 1. The SMILES string of the molecule is CCCCCCCCCCCCNC(=O)CCCOc1ccc(NC(NC(=O)CSC)C(=O)N(CC)c2ccc(OC)cc2)cc1. The van der Waals surface area contributed by atoms with Gasteiger partial charge < -0.3 is 30.3 Å². The van der Waals surface area contributed by atoms with Crippen molar-refractivity contribution in [1.29, 1.82) is 0 Å². The number of unbranched alkanes of at least 4 members (excludes halogenated alkanes) is 9. The Morgan fingerprint density at radius 3 is 1.98 bits per heavy atom. The first-order valence-electron chi connectivity index (χ1n) is 16.9. The lowest BCUT2D eigenvalue weighted by Gasteiger charge is -2.28. The van der Waals surface area contributed by atoms with Crippen LogP contribution >= 0.6 is 11.8 Å². The van der Waals surface area contributed by atoms with Crippen LogP contribution in [0.4, 0.5) is 11.4 Å². The van der Waals surface area contributed by atoms with Gasteiger partial charge in [0.2, 0.25) is 11.8 Å². The lowest BCUT2D eigenvalue weighted by molar-refractivity contribution is -0.125. The summed E-state index contributed by atoms with van der Waals surface area (Å²) in [5.41, 5.74) is 1.36. The topological polar surface area (TPSA) is 109 Å². The summed E-state index contributed by atoms with van der Waals surface area (Å²) in [5, 5.41) is 9.01. The third-order valence-corrected chi connectivity index (χ3v) is 8.18. The Morgan fingerprint density at radius 1 is 0.783 bits per heavy atom. The molecule has 2 rings (SSSR count). The second-order valence-electron chi connectivity index (χ2n) is 11.4. The number of methoxy groups -OCH3 is 1. The van der Waals surface area contributed by atoms with Crippen molar-refractivity contribution in [1.82, 2.24) is 10.6 Å². The highest BCUT2D eigenvalue weighted by molar-refractivity contribution is 7.99. The van der Waals surface area contributed by atoms with Gasteiger partial charge in [0.05, 0.1) is 19.5 Å². The molecule has 0 aromatic heterocycles. The number of rotatable bonds is 25. The largest absolute Gasteiger partial charge is 0.497 e. The van der Waals surface area contributed by atoms with E-state index in [1.807, 2.05) is 25.3 Å². The van der Waals surface area contributed by atoms with E-state index in [1.54, 1.807) is 48.4 Å². The molecule has 1 unspecified atom stereocenters. The average Bonchev–Trinajstić information content (AvgIpc) is 3.06. The van der Waals surface area contributed by atoms with Gasteiger partial charge in [0.15, 0.2) is 6.17 Å². The minimum absolute atomic E-state index is 0.0639. The quantitative estimate of drug-likeness (QED) is 0.0769. The summed E-state index contributed by atoms with van der Waals surface area (Å²) < 4.78 is 11.1. The van der Waals surface area contributed by atoms with Crippen LogP contribution in [0.2, 0.25) is 0 Å². The Hall–Kier alpha value is -3.40. The zero-order chi connectivity index (χ0) is 33.4. The van der Waals surface area contributed by atoms with E-state index in [4.69, 9.17) is 9.47 Å². The van der Waals surface area contributed by atoms with Gasteiger partial charge >= 0.3 is 0 Å². The molecule has 256 valence electrons. The van der Waals surface area contributed by atoms with Crippen LogP contribution in [0, 0.1) is 0 Å². The number of amides is 3. The van der Waals surface area contributed by atoms with Gasteiger partial charge in [0.1, 0.15) is 11.5 Å². The number of benzene rings is 2. The van der Waals surface area contributed by atoms with Crippen molar-refractivity contribution in [2.45, 2.75) is 97.1 Å². The summed E-state index contributed by atoms with van der Waals surface area (Å²) in [6.07, 6.45) is 14.7. The molecular weight excluding hydrogens is 600 g/mol. The van der Waals surface area contributed by atoms with Crippen LogP contribution in [0.15, 0.2) is 48.5 Å². The smallest absolute Gasteiger partial charge is 0.270 e. The fourth-order valence-corrected chi connectivity index (χ4v) is 5.39. The van der Waals surface area contributed by atoms with Crippen LogP contribution in [0.25, 0.3) is 0 Å². The first kappa shape index (κ1) is 38.8. The molecule has 1 atom stereocenters. The molecule has 0 saturated heterocycles. The normalized spacial score (nSPS) is 11.4. The van der Waals surface area contributed by atoms with Crippen LogP contribution in [0.3, 0.4) is 0 Å². The van der Waals surface area contributed by atoms with Gasteiger partial charge in [-0.25, -0.2) is 0 Å². The summed E-state index contributed by atoms with van der Waals surface area (Å²) in [7, 11) is 1.59. The third kappa shape index (κ3) is 15.7. The molecule has 0 aliphatic heterocycles. The van der Waals surface area contributed by atoms with Gasteiger partial charge in [-0.15, -0.1) is 0 Å². The maximum Gasteiger partial charge on any atom is 0.270 e. The van der Waals surface area contributed by atoms with E-state index in [0.29, 0.717) is 48.9 Å². The summed E-state index contributed by atoms with van der Waals surface area (Å²) >= 11 is 1.39. The first-order chi connectivity index (χ1) is 22.4. The standard InChI is InChI=1S/C36H56N4O5S/c1-5-7-8-9-10-11-12-13-14-15-26-37-33(41)17-16-27-45-32-22-18-29(19-23-32)38-35(39-34(42)28-46-4)36(43)40(6-2)30-20-24-31(44-3)25-21-30/h18-25,35,38H,5-17,26-28H2,1-4H3,(H,37,41)(H,39,42). The fourth-order valence-electron chi connectivity index (χ4n) is 5.04. The third-order valence-electron chi connectivity index (χ3n) is 7.63. The van der Waals surface area contributed by atoms with Crippen LogP contribution in [-0.2, 0) is 14.4 Å². The molecule has 0 aliphatic rings. The minimum Gasteiger partial charge on any atom is -0.497 e. The number of carbonyl (C=O) groups is 3. The number of hydrogen-bond donors (Lipinski definition) is 3. The number of hydrogen-bond acceptors (Lipinski definition) is 7. The Bertz CT molecular complexity index is 1130. The van der Waals surface area contributed by atoms with Crippen molar-refractivity contribution in [2.75, 3.05) is 49.0 Å². The number of thioether (sulfide) groups is 1. The number of nitrogens with one attached hydrogen (secondary N) is 3. The van der Waals surface area contributed by atoms with Crippen molar-refractivity contribution in [3.05, 3.63) is 48.5 Å². The summed E-state index contributed by atoms with van der Waals surface area (Å²) in [5.74, 6) is 1.14. The molecular formula is C36H56N4O5S. The molecule has 0 saturated carbocycles. The highest BCUT2D eigenvalue weighted by Crippen LogP contribution is 2.21. The van der Waals surface area contributed by atoms with Crippen LogP contribution in [-0.4, -0.2) is 62.7 Å². The highest BCUT2D eigenvalue weighted by Gasteiger charge is 2.26. The molecule has 2 aromatic rings. The second kappa shape index (κ2) is 23.9. The Balaban J connectivity index is 1.75. The minimum atomic E-state index is -0.965. The van der Waals surface area contributed by atoms with Gasteiger partial charge in [-0.05, 0) is 74.6 Å². The fraction of sp³-hybridized carbons (Fsp3) is 0.583. The predicted octanol–water partition coefficient (Wildman–Crippen LogP) is 7.16. The van der Waals surface area contributed by atoms with E-state index < -0.39 is 6.17 Å². The second-order valence-corrected chi connectivity index (χ2v) is 12.2. The number of carbonyl (C=O) groups excluding carboxylic acids is 3. The van der Waals surface area contributed by atoms with E-state index in [2.05, 4.69) is 22.9 Å². The zero-order valence-electron chi connectivity index (χ0n) is 28.4. The Labute approximate surface area is 280 Å². The molecule has 3 N–H and O–H groups in total. The maximum absolute atomic E-state index is 13.6. The van der Waals surface area contributed by atoms with Gasteiger partial charge in [0, 0.05) is 30.9 Å². The lowest BCUT2D eigenvalue weighted by Crippen LogP contribution is -2.53. The van der Waals surface area contributed by atoms with Crippen LogP contribution in [0.5, 0.6) is 11.5 Å². The molecule has 2 aromatic carbocycles. The predicted molar refractivity (Wildman–Crippen MR) is 191 cm³/mol. The number of ether oxygens (including phenoxy) is 2. The molecule has 9 nitrogen and oxygen atoms in total. The van der Waals surface area contributed by atoms with E-state index in [0.717, 1.165) is 13.0 Å². The molecule has 10 heteroatoms. The van der Waals surface area contributed by atoms with Gasteiger partial charge in [0.25, 0.3) is 5.91 Å². The zero-order valence-corrected chi connectivity index (χ0v) is 29.2. The highest BCUT2D eigenvalue weighted by atomic mass is 32.2. The Morgan fingerprint density at radius 2 is 1.39 bits per heavy atom.